The van der Waals surface area contributed by atoms with E-state index in [1.807, 2.05) is 20.8 Å². The summed E-state index contributed by atoms with van der Waals surface area (Å²) < 4.78 is 10.2. The molecular weight excluding hydrogens is 248 g/mol. The lowest BCUT2D eigenvalue weighted by Gasteiger charge is -2.32. The van der Waals surface area contributed by atoms with Crippen LogP contribution < -0.4 is 5.32 Å². The lowest BCUT2D eigenvalue weighted by molar-refractivity contribution is 0.0164. The van der Waals surface area contributed by atoms with E-state index in [1.165, 1.54) is 0 Å². The Kier molecular flexibility index (Phi) is 8.74. The van der Waals surface area contributed by atoms with Crippen molar-refractivity contribution in [2.75, 3.05) is 26.8 Å². The predicted molar refractivity (Wildman–Crippen MR) is 72.8 cm³/mol. The van der Waals surface area contributed by atoms with Crippen LogP contribution in [0, 0.1) is 5.41 Å². The highest BCUT2D eigenvalue weighted by atomic mass is 16.6. The van der Waals surface area contributed by atoms with Gasteiger partial charge in [0.25, 0.3) is 0 Å². The number of methoxy groups -OCH3 is 1. The van der Waals surface area contributed by atoms with Crippen LogP contribution in [0.3, 0.4) is 0 Å². The molecule has 0 aromatic rings. The average Bonchev–Trinajstić information content (AvgIpc) is 2.36. The molecule has 0 aliphatic rings. The molecule has 7 heteroatoms. The summed E-state index contributed by atoms with van der Waals surface area (Å²) in [7, 11) is 1.57. The van der Waals surface area contributed by atoms with Crippen LogP contribution in [0.1, 0.15) is 33.6 Å². The number of hydrogen-bond donors (Lipinski definition) is 1. The number of nitrogens with zero attached hydrogens (tertiary/aromatic N) is 3. The first-order valence-electron chi connectivity index (χ1n) is 6.42. The predicted octanol–water partition coefficient (Wildman–Crippen LogP) is 2.86. The molecular formula is C12H24N4O3. The molecule has 7 nitrogen and oxygen atoms in total. The van der Waals surface area contributed by atoms with Crippen LogP contribution in [0.25, 0.3) is 10.4 Å². The van der Waals surface area contributed by atoms with Gasteiger partial charge < -0.3 is 14.8 Å². The molecule has 0 saturated heterocycles. The van der Waals surface area contributed by atoms with E-state index >= 15 is 0 Å². The van der Waals surface area contributed by atoms with Crippen molar-refractivity contribution in [3.8, 4) is 0 Å². The zero-order valence-electron chi connectivity index (χ0n) is 12.2. The summed E-state index contributed by atoms with van der Waals surface area (Å²) in [4.78, 5) is 14.3. The van der Waals surface area contributed by atoms with Crippen molar-refractivity contribution >= 4 is 6.09 Å². The van der Waals surface area contributed by atoms with Crippen LogP contribution in [0.5, 0.6) is 0 Å². The van der Waals surface area contributed by atoms with Gasteiger partial charge in [0.1, 0.15) is 6.10 Å². The van der Waals surface area contributed by atoms with Gasteiger partial charge in [0.15, 0.2) is 0 Å². The van der Waals surface area contributed by atoms with Crippen LogP contribution in [-0.2, 0) is 9.47 Å². The Bertz CT molecular complexity index is 314. The number of alkyl carbamates (subject to hydrolysis) is 1. The Hall–Kier alpha value is -1.46. The van der Waals surface area contributed by atoms with E-state index in [2.05, 4.69) is 15.3 Å². The molecule has 0 aliphatic carbocycles. The summed E-state index contributed by atoms with van der Waals surface area (Å²) in [6, 6.07) is 0. The van der Waals surface area contributed by atoms with Crippen molar-refractivity contribution in [1.29, 1.82) is 0 Å². The van der Waals surface area contributed by atoms with Crippen molar-refractivity contribution in [3.63, 3.8) is 0 Å². The van der Waals surface area contributed by atoms with Gasteiger partial charge in [-0.3, -0.25) is 0 Å². The highest BCUT2D eigenvalue weighted by Gasteiger charge is 2.30. The number of ether oxygens (including phenoxy) is 2. The smallest absolute Gasteiger partial charge is 0.407 e. The minimum Gasteiger partial charge on any atom is -0.446 e. The molecule has 0 saturated carbocycles. The van der Waals surface area contributed by atoms with Crippen LogP contribution in [-0.4, -0.2) is 39.0 Å². The maximum absolute atomic E-state index is 11.6. The van der Waals surface area contributed by atoms with Gasteiger partial charge in [-0.1, -0.05) is 25.9 Å². The molecule has 0 spiro atoms. The maximum Gasteiger partial charge on any atom is 0.407 e. The number of carbonyl (C=O) groups excluding carboxylic acids is 1. The Morgan fingerprint density at radius 3 is 2.74 bits per heavy atom. The number of nitrogens with one attached hydrogen (secondary N) is 1. The largest absolute Gasteiger partial charge is 0.446 e. The molecule has 0 rings (SSSR count). The first kappa shape index (κ1) is 17.5. The van der Waals surface area contributed by atoms with Crippen LogP contribution in [0.2, 0.25) is 0 Å². The molecule has 0 bridgehead atoms. The minimum atomic E-state index is -0.444. The zero-order chi connectivity index (χ0) is 14.7. The second-order valence-electron chi connectivity index (χ2n) is 4.91. The normalized spacial score (nSPS) is 12.4. The standard InChI is InChI=1S/C12H24N4O3/c1-5-10(12(2,3)6-7-15-16-13)19-11(17)14-8-9-18-4/h10H,5-9H2,1-4H3,(H,14,17). The van der Waals surface area contributed by atoms with Gasteiger partial charge in [0, 0.05) is 30.5 Å². The second-order valence-corrected chi connectivity index (χ2v) is 4.91. The van der Waals surface area contributed by atoms with E-state index in [1.54, 1.807) is 7.11 Å². The molecule has 0 aliphatic heterocycles. The van der Waals surface area contributed by atoms with E-state index < -0.39 is 6.09 Å². The topological polar surface area (TPSA) is 96.3 Å². The van der Waals surface area contributed by atoms with Crippen molar-refractivity contribution in [2.45, 2.75) is 39.7 Å². The number of carbonyl (C=O) groups is 1. The molecule has 0 aromatic heterocycles. The summed E-state index contributed by atoms with van der Waals surface area (Å²) >= 11 is 0. The first-order chi connectivity index (χ1) is 8.97. The van der Waals surface area contributed by atoms with Crippen LogP contribution in [0.15, 0.2) is 5.11 Å². The molecule has 1 N–H and O–H groups in total. The second kappa shape index (κ2) is 9.47. The SMILES string of the molecule is CCC(OC(=O)NCCOC)C(C)(C)CCN=[N+]=[N-]. The van der Waals surface area contributed by atoms with Crippen molar-refractivity contribution in [2.24, 2.45) is 10.5 Å². The van der Waals surface area contributed by atoms with Gasteiger partial charge in [0.2, 0.25) is 0 Å². The third kappa shape index (κ3) is 7.54. The maximum atomic E-state index is 11.6. The Balaban J connectivity index is 4.29. The quantitative estimate of drug-likeness (QED) is 0.302. The molecule has 1 unspecified atom stereocenters. The van der Waals surface area contributed by atoms with E-state index in [0.29, 0.717) is 32.5 Å². The van der Waals surface area contributed by atoms with Gasteiger partial charge in [-0.05, 0) is 18.4 Å². The molecule has 0 radical (unpaired) electrons. The highest BCUT2D eigenvalue weighted by Crippen LogP contribution is 2.29. The minimum absolute atomic E-state index is 0.219. The van der Waals surface area contributed by atoms with Gasteiger partial charge in [-0.15, -0.1) is 0 Å². The molecule has 1 amide bonds. The molecule has 110 valence electrons. The van der Waals surface area contributed by atoms with Crippen LogP contribution >= 0.6 is 0 Å². The van der Waals surface area contributed by atoms with Gasteiger partial charge >= 0.3 is 6.09 Å². The first-order valence-corrected chi connectivity index (χ1v) is 6.42. The number of hydrogen-bond acceptors (Lipinski definition) is 4. The van der Waals surface area contributed by atoms with Crippen molar-refractivity contribution in [1.82, 2.24) is 5.32 Å². The fourth-order valence-corrected chi connectivity index (χ4v) is 1.77. The summed E-state index contributed by atoms with van der Waals surface area (Å²) in [5.74, 6) is 0. The monoisotopic (exact) mass is 272 g/mol. The molecule has 0 heterocycles. The van der Waals surface area contributed by atoms with Crippen LogP contribution in [0.4, 0.5) is 4.79 Å². The third-order valence-corrected chi connectivity index (χ3v) is 2.99. The summed E-state index contributed by atoms with van der Waals surface area (Å²) in [5.41, 5.74) is 8.04. The lowest BCUT2D eigenvalue weighted by Crippen LogP contribution is -2.38. The highest BCUT2D eigenvalue weighted by molar-refractivity contribution is 5.67. The molecule has 0 fully saturated rings. The van der Waals surface area contributed by atoms with Crippen molar-refractivity contribution < 1.29 is 14.3 Å². The molecule has 0 aromatic carbocycles. The lowest BCUT2D eigenvalue weighted by atomic mass is 9.82. The molecule has 19 heavy (non-hydrogen) atoms. The summed E-state index contributed by atoms with van der Waals surface area (Å²) in [5, 5.41) is 6.14. The van der Waals surface area contributed by atoms with E-state index in [4.69, 9.17) is 15.0 Å². The van der Waals surface area contributed by atoms with E-state index in [0.717, 1.165) is 0 Å². The zero-order valence-corrected chi connectivity index (χ0v) is 12.2. The Labute approximate surface area is 114 Å². The number of rotatable bonds is 9. The fraction of sp³-hybridized carbons (Fsp3) is 0.917. The summed E-state index contributed by atoms with van der Waals surface area (Å²) in [6.45, 7) is 7.22. The number of azide groups is 1. The molecule has 1 atom stereocenters. The Morgan fingerprint density at radius 1 is 1.53 bits per heavy atom. The van der Waals surface area contributed by atoms with Gasteiger partial charge in [-0.2, -0.15) is 0 Å². The van der Waals surface area contributed by atoms with Gasteiger partial charge in [0.05, 0.1) is 6.61 Å². The fourth-order valence-electron chi connectivity index (χ4n) is 1.77. The van der Waals surface area contributed by atoms with E-state index in [-0.39, 0.29) is 11.5 Å². The number of amides is 1. The average molecular weight is 272 g/mol. The van der Waals surface area contributed by atoms with E-state index in [9.17, 15) is 4.79 Å². The van der Waals surface area contributed by atoms with Crippen molar-refractivity contribution in [3.05, 3.63) is 10.4 Å². The Morgan fingerprint density at radius 2 is 2.21 bits per heavy atom. The summed E-state index contributed by atoms with van der Waals surface area (Å²) in [6.07, 6.45) is 0.715. The van der Waals surface area contributed by atoms with Gasteiger partial charge in [-0.25, -0.2) is 4.79 Å². The third-order valence-electron chi connectivity index (χ3n) is 2.99.